The maximum Gasteiger partial charge on any atom is 0.433 e. The molecule has 168 valence electrons. The molecule has 1 atom stereocenters. The van der Waals surface area contributed by atoms with Crippen LogP contribution < -0.4 is 5.32 Å². The summed E-state index contributed by atoms with van der Waals surface area (Å²) in [6.07, 6.45) is -1.96. The average Bonchev–Trinajstić information content (AvgIpc) is 3.25. The summed E-state index contributed by atoms with van der Waals surface area (Å²) in [7, 11) is 0. The molecule has 0 aliphatic heterocycles. The second-order valence-corrected chi connectivity index (χ2v) is 7.35. The van der Waals surface area contributed by atoms with E-state index in [1.807, 2.05) is 6.07 Å². The van der Waals surface area contributed by atoms with Crippen molar-refractivity contribution < 1.29 is 22.4 Å². The quantitative estimate of drug-likeness (QED) is 0.401. The second-order valence-electron chi connectivity index (χ2n) is 7.35. The summed E-state index contributed by atoms with van der Waals surface area (Å²) in [4.78, 5) is 16.6. The van der Waals surface area contributed by atoms with Gasteiger partial charge in [0, 0.05) is 18.0 Å². The first-order valence-corrected chi connectivity index (χ1v) is 9.97. The molecule has 0 spiro atoms. The number of carbonyl (C=O) groups is 1. The van der Waals surface area contributed by atoms with Gasteiger partial charge < -0.3 is 5.32 Å². The van der Waals surface area contributed by atoms with E-state index in [0.29, 0.717) is 22.5 Å². The van der Waals surface area contributed by atoms with Crippen molar-refractivity contribution in [1.29, 1.82) is 0 Å². The zero-order valence-electron chi connectivity index (χ0n) is 17.3. The van der Waals surface area contributed by atoms with Gasteiger partial charge in [0.1, 0.15) is 17.2 Å². The molecule has 5 nitrogen and oxygen atoms in total. The Labute approximate surface area is 186 Å². The van der Waals surface area contributed by atoms with E-state index in [-0.39, 0.29) is 5.56 Å². The normalized spacial score (nSPS) is 12.4. The van der Waals surface area contributed by atoms with Crippen LogP contribution in [0.25, 0.3) is 16.9 Å². The first-order valence-electron chi connectivity index (χ1n) is 9.97. The predicted octanol–water partition coefficient (Wildman–Crippen LogP) is 5.58. The van der Waals surface area contributed by atoms with Crippen molar-refractivity contribution in [2.24, 2.45) is 0 Å². The number of nitrogens with one attached hydrogen (secondary N) is 1. The number of hydrogen-bond acceptors (Lipinski definition) is 3. The fourth-order valence-electron chi connectivity index (χ4n) is 3.29. The Bertz CT molecular complexity index is 1270. The third-order valence-electron chi connectivity index (χ3n) is 5.00. The molecule has 1 N–H and O–H groups in total. The highest BCUT2D eigenvalue weighted by Gasteiger charge is 2.32. The van der Waals surface area contributed by atoms with E-state index < -0.39 is 29.6 Å². The van der Waals surface area contributed by atoms with E-state index in [2.05, 4.69) is 15.4 Å². The van der Waals surface area contributed by atoms with Crippen LogP contribution in [0.5, 0.6) is 0 Å². The molecule has 0 aliphatic rings. The Hall–Kier alpha value is -4.01. The van der Waals surface area contributed by atoms with E-state index in [9.17, 15) is 22.4 Å². The number of hydrogen-bond donors (Lipinski definition) is 1. The zero-order valence-corrected chi connectivity index (χ0v) is 17.3. The summed E-state index contributed by atoms with van der Waals surface area (Å²) < 4.78 is 53.4. The Morgan fingerprint density at radius 1 is 1.03 bits per heavy atom. The highest BCUT2D eigenvalue weighted by Crippen LogP contribution is 2.28. The van der Waals surface area contributed by atoms with Crippen LogP contribution >= 0.6 is 0 Å². The van der Waals surface area contributed by atoms with Gasteiger partial charge in [-0.3, -0.25) is 9.78 Å². The summed E-state index contributed by atoms with van der Waals surface area (Å²) in [5.41, 5.74) is 1.14. The van der Waals surface area contributed by atoms with E-state index in [0.717, 1.165) is 12.3 Å². The van der Waals surface area contributed by atoms with Gasteiger partial charge in [-0.05, 0) is 36.8 Å². The highest BCUT2D eigenvalue weighted by molar-refractivity contribution is 6.00. The van der Waals surface area contributed by atoms with E-state index in [4.69, 9.17) is 0 Å². The van der Waals surface area contributed by atoms with Crippen LogP contribution in [0.1, 0.15) is 34.6 Å². The van der Waals surface area contributed by atoms with Crippen molar-refractivity contribution in [3.63, 3.8) is 0 Å². The molecule has 4 rings (SSSR count). The van der Waals surface area contributed by atoms with Crippen molar-refractivity contribution in [1.82, 2.24) is 20.1 Å². The minimum absolute atomic E-state index is 0.234. The first-order chi connectivity index (χ1) is 15.7. The third kappa shape index (κ3) is 4.92. The molecule has 0 radical (unpaired) electrons. The SMILES string of the molecule is C[C@@H](NC(=O)c1cn(-c2cccc(F)c2)nc1-c1ccccc1)c1ccc(C(F)(F)F)nc1. The molecule has 0 aliphatic carbocycles. The predicted molar refractivity (Wildman–Crippen MR) is 114 cm³/mol. The van der Waals surface area contributed by atoms with Gasteiger partial charge >= 0.3 is 6.18 Å². The van der Waals surface area contributed by atoms with Crippen LogP contribution in [0.2, 0.25) is 0 Å². The number of rotatable bonds is 5. The molecule has 9 heteroatoms. The number of benzene rings is 2. The molecule has 0 fully saturated rings. The first kappa shape index (κ1) is 22.2. The van der Waals surface area contributed by atoms with E-state index in [1.54, 1.807) is 37.3 Å². The lowest BCUT2D eigenvalue weighted by molar-refractivity contribution is -0.141. The zero-order chi connectivity index (χ0) is 23.6. The van der Waals surface area contributed by atoms with Gasteiger partial charge in [-0.1, -0.05) is 42.5 Å². The monoisotopic (exact) mass is 454 g/mol. The average molecular weight is 454 g/mol. The largest absolute Gasteiger partial charge is 0.433 e. The lowest BCUT2D eigenvalue weighted by Crippen LogP contribution is -2.27. The van der Waals surface area contributed by atoms with Crippen LogP contribution in [0.3, 0.4) is 0 Å². The molecule has 0 saturated heterocycles. The molecule has 33 heavy (non-hydrogen) atoms. The number of nitrogens with zero attached hydrogens (tertiary/aromatic N) is 3. The van der Waals surface area contributed by atoms with Crippen LogP contribution in [0.15, 0.2) is 79.1 Å². The number of amides is 1. The van der Waals surface area contributed by atoms with Crippen molar-refractivity contribution in [3.05, 3.63) is 102 Å². The summed E-state index contributed by atoms with van der Waals surface area (Å²) in [5, 5.41) is 7.25. The van der Waals surface area contributed by atoms with Gasteiger partial charge in [0.25, 0.3) is 5.91 Å². The van der Waals surface area contributed by atoms with Gasteiger partial charge in [-0.15, -0.1) is 0 Å². The van der Waals surface area contributed by atoms with Gasteiger partial charge in [0.05, 0.1) is 17.3 Å². The third-order valence-corrected chi connectivity index (χ3v) is 5.00. The fourth-order valence-corrected chi connectivity index (χ4v) is 3.29. The molecular weight excluding hydrogens is 436 g/mol. The van der Waals surface area contributed by atoms with E-state index >= 15 is 0 Å². The Morgan fingerprint density at radius 2 is 1.79 bits per heavy atom. The molecule has 0 saturated carbocycles. The van der Waals surface area contributed by atoms with Crippen molar-refractivity contribution >= 4 is 5.91 Å². The molecule has 0 bridgehead atoms. The minimum Gasteiger partial charge on any atom is -0.345 e. The molecule has 1 amide bonds. The maximum atomic E-state index is 13.7. The summed E-state index contributed by atoms with van der Waals surface area (Å²) in [5.74, 6) is -0.928. The van der Waals surface area contributed by atoms with Gasteiger partial charge in [0.15, 0.2) is 0 Å². The van der Waals surface area contributed by atoms with Crippen molar-refractivity contribution in [2.75, 3.05) is 0 Å². The van der Waals surface area contributed by atoms with Gasteiger partial charge in [-0.2, -0.15) is 18.3 Å². The Balaban J connectivity index is 1.65. The number of aromatic nitrogens is 3. The van der Waals surface area contributed by atoms with Crippen LogP contribution in [0.4, 0.5) is 17.6 Å². The van der Waals surface area contributed by atoms with Gasteiger partial charge in [-0.25, -0.2) is 9.07 Å². The van der Waals surface area contributed by atoms with Crippen molar-refractivity contribution in [3.8, 4) is 16.9 Å². The smallest absolute Gasteiger partial charge is 0.345 e. The van der Waals surface area contributed by atoms with Crippen LogP contribution in [-0.2, 0) is 6.18 Å². The standard InChI is InChI=1S/C24H18F4N4O/c1-15(17-10-11-21(29-13-17)24(26,27)28)30-23(33)20-14-32(19-9-5-8-18(25)12-19)31-22(20)16-6-3-2-4-7-16/h2-15H,1H3,(H,30,33)/t15-/m1/s1. The van der Waals surface area contributed by atoms with Crippen molar-refractivity contribution in [2.45, 2.75) is 19.1 Å². The maximum absolute atomic E-state index is 13.7. The van der Waals surface area contributed by atoms with E-state index in [1.165, 1.54) is 35.1 Å². The highest BCUT2D eigenvalue weighted by atomic mass is 19.4. The Morgan fingerprint density at radius 3 is 2.42 bits per heavy atom. The molecule has 2 aromatic carbocycles. The molecule has 2 aromatic heterocycles. The number of halogens is 4. The molecule has 2 heterocycles. The van der Waals surface area contributed by atoms with Crippen LogP contribution in [-0.4, -0.2) is 20.7 Å². The summed E-state index contributed by atoms with van der Waals surface area (Å²) >= 11 is 0. The number of carbonyl (C=O) groups excluding carboxylic acids is 1. The lowest BCUT2D eigenvalue weighted by Gasteiger charge is -2.15. The number of pyridine rings is 1. The fraction of sp³-hybridized carbons (Fsp3) is 0.125. The summed E-state index contributed by atoms with van der Waals surface area (Å²) in [6.45, 7) is 1.64. The second kappa shape index (κ2) is 8.85. The molecule has 4 aromatic rings. The molecular formula is C24H18F4N4O. The van der Waals surface area contributed by atoms with Crippen LogP contribution in [0, 0.1) is 5.82 Å². The molecule has 0 unspecified atom stereocenters. The topological polar surface area (TPSA) is 59.8 Å². The minimum atomic E-state index is -4.54. The number of alkyl halides is 3. The Kier molecular flexibility index (Phi) is 5.95. The van der Waals surface area contributed by atoms with Gasteiger partial charge in [0.2, 0.25) is 0 Å². The summed E-state index contributed by atoms with van der Waals surface area (Å²) in [6, 6.07) is 16.3. The lowest BCUT2D eigenvalue weighted by atomic mass is 10.1.